The second-order valence-corrected chi connectivity index (χ2v) is 5.46. The Morgan fingerprint density at radius 1 is 1.33 bits per heavy atom. The van der Waals surface area contributed by atoms with Gasteiger partial charge in [0.1, 0.15) is 0 Å². The van der Waals surface area contributed by atoms with Crippen molar-refractivity contribution in [2.45, 2.75) is 19.4 Å². The van der Waals surface area contributed by atoms with Crippen LogP contribution in [0.15, 0.2) is 18.2 Å². The molecule has 1 unspecified atom stereocenters. The average Bonchev–Trinajstić information content (AvgIpc) is 2.21. The zero-order valence-electron chi connectivity index (χ0n) is 8.67. The minimum absolute atomic E-state index is 0.118. The van der Waals surface area contributed by atoms with Crippen LogP contribution in [0, 0.1) is 0 Å². The van der Waals surface area contributed by atoms with Gasteiger partial charge < -0.3 is 5.73 Å². The first-order valence-corrected chi connectivity index (χ1v) is 6.82. The van der Waals surface area contributed by atoms with Crippen LogP contribution in [0.1, 0.15) is 12.5 Å². The largest absolute Gasteiger partial charge is 0.327 e. The summed E-state index contributed by atoms with van der Waals surface area (Å²) in [6, 6.07) is 5.66. The van der Waals surface area contributed by atoms with E-state index < -0.39 is 0 Å². The molecule has 0 fully saturated rings. The van der Waals surface area contributed by atoms with Gasteiger partial charge in [0.15, 0.2) is 0 Å². The van der Waals surface area contributed by atoms with Crippen LogP contribution in [0.25, 0.3) is 0 Å². The van der Waals surface area contributed by atoms with Crippen molar-refractivity contribution in [2.24, 2.45) is 5.73 Å². The summed E-state index contributed by atoms with van der Waals surface area (Å²) < 4.78 is 0. The van der Waals surface area contributed by atoms with E-state index in [9.17, 15) is 0 Å². The maximum Gasteiger partial charge on any atom is 0.0453 e. The van der Waals surface area contributed by atoms with E-state index in [0.717, 1.165) is 23.5 Å². The van der Waals surface area contributed by atoms with E-state index in [0.29, 0.717) is 10.0 Å². The Morgan fingerprint density at radius 3 is 2.47 bits per heavy atom. The summed E-state index contributed by atoms with van der Waals surface area (Å²) in [6.07, 6.45) is 0.742. The molecule has 0 heterocycles. The third kappa shape index (κ3) is 4.23. The van der Waals surface area contributed by atoms with E-state index in [1.54, 1.807) is 0 Å². The van der Waals surface area contributed by atoms with Crippen molar-refractivity contribution in [1.29, 1.82) is 0 Å². The Labute approximate surface area is 105 Å². The lowest BCUT2D eigenvalue weighted by atomic mass is 10.1. The Balaban J connectivity index is 2.63. The van der Waals surface area contributed by atoms with Gasteiger partial charge in [0.05, 0.1) is 0 Å². The molecule has 0 aliphatic rings. The smallest absolute Gasteiger partial charge is 0.0453 e. The standard InChI is InChI=1S/C11H15Cl2NS/c1-2-15-7-8(14)6-9-10(12)4-3-5-11(9)13/h3-5,8H,2,6-7,14H2,1H3. The van der Waals surface area contributed by atoms with E-state index in [2.05, 4.69) is 6.92 Å². The van der Waals surface area contributed by atoms with Gasteiger partial charge >= 0.3 is 0 Å². The van der Waals surface area contributed by atoms with Crippen LogP contribution < -0.4 is 5.73 Å². The fourth-order valence-corrected chi connectivity index (χ4v) is 2.53. The van der Waals surface area contributed by atoms with E-state index in [1.807, 2.05) is 30.0 Å². The lowest BCUT2D eigenvalue weighted by molar-refractivity contribution is 0.749. The quantitative estimate of drug-likeness (QED) is 0.879. The highest BCUT2D eigenvalue weighted by Crippen LogP contribution is 2.25. The van der Waals surface area contributed by atoms with Gasteiger partial charge in [-0.15, -0.1) is 0 Å². The summed E-state index contributed by atoms with van der Waals surface area (Å²) in [5.74, 6) is 2.03. The lowest BCUT2D eigenvalue weighted by Gasteiger charge is -2.13. The van der Waals surface area contributed by atoms with Gasteiger partial charge in [-0.3, -0.25) is 0 Å². The van der Waals surface area contributed by atoms with Gasteiger partial charge in [0.2, 0.25) is 0 Å². The molecule has 0 aromatic heterocycles. The molecule has 0 saturated carbocycles. The summed E-state index contributed by atoms with van der Waals surface area (Å²) in [4.78, 5) is 0. The third-order valence-corrected chi connectivity index (χ3v) is 3.84. The van der Waals surface area contributed by atoms with E-state index in [1.165, 1.54) is 0 Å². The van der Waals surface area contributed by atoms with Gasteiger partial charge in [-0.2, -0.15) is 11.8 Å². The van der Waals surface area contributed by atoms with Gasteiger partial charge in [0.25, 0.3) is 0 Å². The highest BCUT2D eigenvalue weighted by molar-refractivity contribution is 7.99. The van der Waals surface area contributed by atoms with Crippen molar-refractivity contribution in [3.05, 3.63) is 33.8 Å². The zero-order chi connectivity index (χ0) is 11.3. The molecule has 0 radical (unpaired) electrons. The summed E-state index contributed by atoms with van der Waals surface area (Å²) in [6.45, 7) is 2.12. The van der Waals surface area contributed by atoms with Crippen LogP contribution in [0.2, 0.25) is 10.0 Å². The molecule has 1 nitrogen and oxygen atoms in total. The van der Waals surface area contributed by atoms with Crippen LogP contribution >= 0.6 is 35.0 Å². The summed E-state index contributed by atoms with van der Waals surface area (Å²) in [5.41, 5.74) is 6.95. The molecule has 1 rings (SSSR count). The van der Waals surface area contributed by atoms with Gasteiger partial charge in [0, 0.05) is 21.8 Å². The molecular weight excluding hydrogens is 249 g/mol. The molecule has 0 aliphatic carbocycles. The van der Waals surface area contributed by atoms with Crippen LogP contribution in [-0.2, 0) is 6.42 Å². The molecule has 0 spiro atoms. The van der Waals surface area contributed by atoms with Gasteiger partial charge in [-0.1, -0.05) is 36.2 Å². The van der Waals surface area contributed by atoms with Crippen molar-refractivity contribution in [1.82, 2.24) is 0 Å². The SMILES string of the molecule is CCSCC(N)Cc1c(Cl)cccc1Cl. The molecule has 1 aromatic carbocycles. The van der Waals surface area contributed by atoms with Crippen LogP contribution in [0.3, 0.4) is 0 Å². The van der Waals surface area contributed by atoms with Crippen molar-refractivity contribution < 1.29 is 0 Å². The van der Waals surface area contributed by atoms with E-state index in [-0.39, 0.29) is 6.04 Å². The van der Waals surface area contributed by atoms with Crippen LogP contribution in [-0.4, -0.2) is 17.5 Å². The predicted octanol–water partition coefficient (Wildman–Crippen LogP) is 3.62. The van der Waals surface area contributed by atoms with Crippen molar-refractivity contribution in [2.75, 3.05) is 11.5 Å². The number of halogens is 2. The van der Waals surface area contributed by atoms with Crippen molar-refractivity contribution in [3.8, 4) is 0 Å². The summed E-state index contributed by atoms with van der Waals surface area (Å²) in [7, 11) is 0. The van der Waals surface area contributed by atoms with Gasteiger partial charge in [-0.05, 0) is 29.9 Å². The first-order chi connectivity index (χ1) is 7.15. The first kappa shape index (κ1) is 13.2. The predicted molar refractivity (Wildman–Crippen MR) is 71.1 cm³/mol. The van der Waals surface area contributed by atoms with Crippen molar-refractivity contribution in [3.63, 3.8) is 0 Å². The molecule has 84 valence electrons. The Bertz CT molecular complexity index is 297. The van der Waals surface area contributed by atoms with Crippen molar-refractivity contribution >= 4 is 35.0 Å². The fraction of sp³-hybridized carbons (Fsp3) is 0.455. The Morgan fingerprint density at radius 2 is 1.93 bits per heavy atom. The number of nitrogens with two attached hydrogens (primary N) is 1. The molecule has 1 atom stereocenters. The minimum atomic E-state index is 0.118. The molecule has 0 saturated heterocycles. The molecule has 0 amide bonds. The average molecular weight is 264 g/mol. The fourth-order valence-electron chi connectivity index (χ4n) is 1.32. The summed E-state index contributed by atoms with van der Waals surface area (Å²) in [5, 5.41) is 1.42. The van der Waals surface area contributed by atoms with E-state index in [4.69, 9.17) is 28.9 Å². The maximum atomic E-state index is 6.06. The molecule has 2 N–H and O–H groups in total. The molecule has 4 heteroatoms. The lowest BCUT2D eigenvalue weighted by Crippen LogP contribution is -2.26. The number of hydrogen-bond donors (Lipinski definition) is 1. The topological polar surface area (TPSA) is 26.0 Å². The van der Waals surface area contributed by atoms with Gasteiger partial charge in [-0.25, -0.2) is 0 Å². The Kier molecular flexibility index (Phi) is 5.83. The van der Waals surface area contributed by atoms with E-state index >= 15 is 0 Å². The number of thioether (sulfide) groups is 1. The number of hydrogen-bond acceptors (Lipinski definition) is 2. The molecule has 1 aromatic rings. The third-order valence-electron chi connectivity index (χ3n) is 2.06. The highest BCUT2D eigenvalue weighted by atomic mass is 35.5. The van der Waals surface area contributed by atoms with Crippen LogP contribution in [0.4, 0.5) is 0 Å². The molecular formula is C11H15Cl2NS. The highest BCUT2D eigenvalue weighted by Gasteiger charge is 2.10. The summed E-state index contributed by atoms with van der Waals surface area (Å²) >= 11 is 14.0. The zero-order valence-corrected chi connectivity index (χ0v) is 11.0. The minimum Gasteiger partial charge on any atom is -0.327 e. The molecule has 0 bridgehead atoms. The first-order valence-electron chi connectivity index (χ1n) is 4.91. The molecule has 15 heavy (non-hydrogen) atoms. The number of benzene rings is 1. The van der Waals surface area contributed by atoms with Crippen LogP contribution in [0.5, 0.6) is 0 Å². The second kappa shape index (κ2) is 6.64. The number of rotatable bonds is 5. The monoisotopic (exact) mass is 263 g/mol. The normalized spacial score (nSPS) is 12.8. The molecule has 0 aliphatic heterocycles. The Hall–Kier alpha value is 0.110. The second-order valence-electron chi connectivity index (χ2n) is 3.32. The maximum absolute atomic E-state index is 6.06.